The third-order valence-corrected chi connectivity index (χ3v) is 3.93. The Labute approximate surface area is 173 Å². The van der Waals surface area contributed by atoms with Crippen molar-refractivity contribution in [2.75, 3.05) is 6.54 Å². The number of nitrogens with zero attached hydrogens (tertiary/aromatic N) is 1. The smallest absolute Gasteiger partial charge is 0.343 e. The van der Waals surface area contributed by atoms with E-state index in [2.05, 4.69) is 15.8 Å². The van der Waals surface area contributed by atoms with Crippen molar-refractivity contribution in [1.29, 1.82) is 0 Å². The first-order valence-corrected chi connectivity index (χ1v) is 9.14. The summed E-state index contributed by atoms with van der Waals surface area (Å²) in [6.07, 6.45) is 1.41. The van der Waals surface area contributed by atoms with Crippen LogP contribution in [0.15, 0.2) is 90.0 Å². The number of hydrogen-bond acceptors (Lipinski definition) is 5. The summed E-state index contributed by atoms with van der Waals surface area (Å²) < 4.78 is 5.34. The van der Waals surface area contributed by atoms with E-state index in [1.807, 2.05) is 6.07 Å². The highest BCUT2D eigenvalue weighted by Crippen LogP contribution is 2.14. The molecule has 30 heavy (non-hydrogen) atoms. The van der Waals surface area contributed by atoms with Crippen molar-refractivity contribution >= 4 is 24.0 Å². The predicted octanol–water partition coefficient (Wildman–Crippen LogP) is 2.79. The minimum Gasteiger partial charge on any atom is -0.423 e. The van der Waals surface area contributed by atoms with E-state index >= 15 is 0 Å². The SMILES string of the molecule is O=C(CNC(=O)c1ccccc1)NN=Cc1cccc(OC(=O)c2ccccc2)c1. The molecular weight excluding hydrogens is 382 g/mol. The van der Waals surface area contributed by atoms with E-state index in [9.17, 15) is 14.4 Å². The van der Waals surface area contributed by atoms with Crippen molar-refractivity contribution in [1.82, 2.24) is 10.7 Å². The minimum absolute atomic E-state index is 0.209. The maximum atomic E-state index is 12.1. The van der Waals surface area contributed by atoms with Crippen LogP contribution in [0.4, 0.5) is 0 Å². The molecule has 2 amide bonds. The second kappa shape index (κ2) is 10.3. The number of carbonyl (C=O) groups is 3. The summed E-state index contributed by atoms with van der Waals surface area (Å²) in [5.41, 5.74) is 3.87. The van der Waals surface area contributed by atoms with Crippen LogP contribution in [0.3, 0.4) is 0 Å². The van der Waals surface area contributed by atoms with Crippen LogP contribution in [-0.2, 0) is 4.79 Å². The average molecular weight is 401 g/mol. The Balaban J connectivity index is 1.49. The summed E-state index contributed by atoms with van der Waals surface area (Å²) in [5, 5.41) is 6.37. The van der Waals surface area contributed by atoms with Gasteiger partial charge < -0.3 is 10.1 Å². The van der Waals surface area contributed by atoms with E-state index in [4.69, 9.17) is 4.74 Å². The number of nitrogens with one attached hydrogen (secondary N) is 2. The minimum atomic E-state index is -0.470. The molecule has 0 spiro atoms. The normalized spacial score (nSPS) is 10.4. The fourth-order valence-electron chi connectivity index (χ4n) is 2.47. The zero-order chi connectivity index (χ0) is 21.2. The molecule has 0 radical (unpaired) electrons. The lowest BCUT2D eigenvalue weighted by molar-refractivity contribution is -0.120. The number of hydrogen-bond donors (Lipinski definition) is 2. The lowest BCUT2D eigenvalue weighted by atomic mass is 10.2. The topological polar surface area (TPSA) is 96.9 Å². The Morgan fingerprint density at radius 1 is 0.833 bits per heavy atom. The molecule has 3 aromatic carbocycles. The first kappa shape index (κ1) is 20.5. The Morgan fingerprint density at radius 3 is 2.20 bits per heavy atom. The van der Waals surface area contributed by atoms with Gasteiger partial charge in [0.1, 0.15) is 5.75 Å². The summed E-state index contributed by atoms with van der Waals surface area (Å²) in [5.74, 6) is -0.925. The number of esters is 1. The van der Waals surface area contributed by atoms with E-state index in [1.54, 1.807) is 78.9 Å². The molecule has 0 heterocycles. The Hall–Kier alpha value is -4.26. The van der Waals surface area contributed by atoms with Crippen molar-refractivity contribution < 1.29 is 19.1 Å². The molecule has 0 atom stereocenters. The largest absolute Gasteiger partial charge is 0.423 e. The first-order valence-electron chi connectivity index (χ1n) is 9.14. The Kier molecular flexibility index (Phi) is 7.05. The highest BCUT2D eigenvalue weighted by Gasteiger charge is 2.08. The highest BCUT2D eigenvalue weighted by molar-refractivity contribution is 5.96. The molecule has 0 aliphatic carbocycles. The number of rotatable bonds is 7. The van der Waals surface area contributed by atoms with Gasteiger partial charge in [-0.2, -0.15) is 5.10 Å². The summed E-state index contributed by atoms with van der Waals surface area (Å²) >= 11 is 0. The molecule has 3 aromatic rings. The molecular formula is C23H19N3O4. The molecule has 0 aliphatic rings. The van der Waals surface area contributed by atoms with Gasteiger partial charge >= 0.3 is 5.97 Å². The molecule has 150 valence electrons. The van der Waals surface area contributed by atoms with Gasteiger partial charge in [0.15, 0.2) is 0 Å². The van der Waals surface area contributed by atoms with Gasteiger partial charge in [-0.15, -0.1) is 0 Å². The zero-order valence-electron chi connectivity index (χ0n) is 15.9. The Bertz CT molecular complexity index is 1050. The highest BCUT2D eigenvalue weighted by atomic mass is 16.5. The standard InChI is InChI=1S/C23H19N3O4/c27-21(16-24-22(28)18-9-3-1-4-10-18)26-25-15-17-8-7-13-20(14-17)30-23(29)19-11-5-2-6-12-19/h1-15H,16H2,(H,24,28)(H,26,27). The molecule has 0 bridgehead atoms. The molecule has 3 rings (SSSR count). The van der Waals surface area contributed by atoms with Gasteiger partial charge in [0.25, 0.3) is 11.8 Å². The van der Waals surface area contributed by atoms with Crippen LogP contribution in [0.25, 0.3) is 0 Å². The second-order valence-corrected chi connectivity index (χ2v) is 6.17. The van der Waals surface area contributed by atoms with Crippen molar-refractivity contribution in [3.63, 3.8) is 0 Å². The molecule has 7 heteroatoms. The van der Waals surface area contributed by atoms with Gasteiger partial charge in [-0.25, -0.2) is 10.2 Å². The van der Waals surface area contributed by atoms with Crippen molar-refractivity contribution in [3.8, 4) is 5.75 Å². The van der Waals surface area contributed by atoms with Crippen molar-refractivity contribution in [2.24, 2.45) is 5.10 Å². The lowest BCUT2D eigenvalue weighted by Gasteiger charge is -2.05. The van der Waals surface area contributed by atoms with Gasteiger partial charge in [-0.3, -0.25) is 9.59 Å². The van der Waals surface area contributed by atoms with Gasteiger partial charge in [0.2, 0.25) is 0 Å². The van der Waals surface area contributed by atoms with Crippen molar-refractivity contribution in [3.05, 3.63) is 102 Å². The van der Waals surface area contributed by atoms with E-state index in [1.165, 1.54) is 6.21 Å². The van der Waals surface area contributed by atoms with Gasteiger partial charge in [-0.05, 0) is 42.0 Å². The predicted molar refractivity (Wildman–Crippen MR) is 112 cm³/mol. The quantitative estimate of drug-likeness (QED) is 0.275. The van der Waals surface area contributed by atoms with Crippen LogP contribution in [0.5, 0.6) is 5.75 Å². The maximum absolute atomic E-state index is 12.1. The number of amides is 2. The zero-order valence-corrected chi connectivity index (χ0v) is 15.9. The molecule has 0 saturated carbocycles. The molecule has 0 saturated heterocycles. The third-order valence-electron chi connectivity index (χ3n) is 3.93. The average Bonchev–Trinajstić information content (AvgIpc) is 2.79. The number of carbonyl (C=O) groups excluding carboxylic acids is 3. The molecule has 0 aliphatic heterocycles. The fourth-order valence-corrected chi connectivity index (χ4v) is 2.47. The Morgan fingerprint density at radius 2 is 1.50 bits per heavy atom. The number of ether oxygens (including phenoxy) is 1. The van der Waals surface area contributed by atoms with Crippen LogP contribution >= 0.6 is 0 Å². The van der Waals surface area contributed by atoms with Crippen LogP contribution in [-0.4, -0.2) is 30.5 Å². The maximum Gasteiger partial charge on any atom is 0.343 e. The van der Waals surface area contributed by atoms with Crippen LogP contribution in [0.1, 0.15) is 26.3 Å². The summed E-state index contributed by atoms with van der Waals surface area (Å²) in [7, 11) is 0. The number of hydrazone groups is 1. The third kappa shape index (κ3) is 6.13. The molecule has 0 aromatic heterocycles. The monoisotopic (exact) mass is 401 g/mol. The molecule has 0 unspecified atom stereocenters. The molecule has 2 N–H and O–H groups in total. The van der Waals surface area contributed by atoms with Crippen molar-refractivity contribution in [2.45, 2.75) is 0 Å². The van der Waals surface area contributed by atoms with E-state index in [0.717, 1.165) is 0 Å². The van der Waals surface area contributed by atoms with Gasteiger partial charge in [0.05, 0.1) is 18.3 Å². The number of benzene rings is 3. The van der Waals surface area contributed by atoms with E-state index in [-0.39, 0.29) is 12.5 Å². The summed E-state index contributed by atoms with van der Waals surface area (Å²) in [6, 6.07) is 24.0. The van der Waals surface area contributed by atoms with E-state index < -0.39 is 11.9 Å². The molecule has 0 fully saturated rings. The molecule has 7 nitrogen and oxygen atoms in total. The lowest BCUT2D eigenvalue weighted by Crippen LogP contribution is -2.34. The van der Waals surface area contributed by atoms with Crippen LogP contribution in [0, 0.1) is 0 Å². The fraction of sp³-hybridized carbons (Fsp3) is 0.0435. The van der Waals surface area contributed by atoms with E-state index in [0.29, 0.717) is 22.4 Å². The summed E-state index contributed by atoms with van der Waals surface area (Å²) in [6.45, 7) is -0.209. The second-order valence-electron chi connectivity index (χ2n) is 6.17. The summed E-state index contributed by atoms with van der Waals surface area (Å²) in [4.78, 5) is 35.8. The van der Waals surface area contributed by atoms with Gasteiger partial charge in [0, 0.05) is 5.56 Å². The van der Waals surface area contributed by atoms with Crippen LogP contribution < -0.4 is 15.5 Å². The first-order chi connectivity index (χ1) is 14.6. The van der Waals surface area contributed by atoms with Crippen LogP contribution in [0.2, 0.25) is 0 Å². The van der Waals surface area contributed by atoms with Gasteiger partial charge in [-0.1, -0.05) is 48.5 Å².